The number of ether oxygens (including phenoxy) is 1. The van der Waals surface area contributed by atoms with Gasteiger partial charge in [0.2, 0.25) is 0 Å². The lowest BCUT2D eigenvalue weighted by Crippen LogP contribution is -2.40. The molecule has 1 saturated heterocycles. The van der Waals surface area contributed by atoms with Gasteiger partial charge in [-0.15, -0.1) is 5.10 Å². The minimum Gasteiger partial charge on any atom is -0.468 e. The monoisotopic (exact) mass is 476 g/mol. The van der Waals surface area contributed by atoms with Crippen LogP contribution in [0.5, 0.6) is 0 Å². The molecule has 2 atom stereocenters. The maximum atomic E-state index is 13.6. The molecule has 1 aliphatic rings. The molecule has 5 rings (SSSR count). The number of fused-ring (bicyclic) bond motifs is 1. The molecule has 4 heterocycles. The summed E-state index contributed by atoms with van der Waals surface area (Å²) in [5.41, 5.74) is 1.92. The highest BCUT2D eigenvalue weighted by molar-refractivity contribution is 5.82. The van der Waals surface area contributed by atoms with E-state index in [0.29, 0.717) is 24.5 Å². The molecule has 184 valence electrons. The Morgan fingerprint density at radius 2 is 2.11 bits per heavy atom. The highest BCUT2D eigenvalue weighted by Gasteiger charge is 2.35. The van der Waals surface area contributed by atoms with Crippen molar-refractivity contribution in [3.8, 4) is 0 Å². The number of nitrogens with one attached hydrogen (secondary N) is 1. The van der Waals surface area contributed by atoms with Gasteiger partial charge in [0.1, 0.15) is 11.8 Å². The van der Waals surface area contributed by atoms with Crippen LogP contribution >= 0.6 is 0 Å². The van der Waals surface area contributed by atoms with E-state index in [1.807, 2.05) is 48.0 Å². The second kappa shape index (κ2) is 9.39. The SMILES string of the molecule is Cc1cccc2cc([C@H](c3nnnn3C(C)(C)C)N(Cc3ccco3)C[C@H]3CCCO3)c(=O)[nH]c12. The largest absolute Gasteiger partial charge is 0.468 e. The fourth-order valence-electron chi connectivity index (χ4n) is 4.86. The molecule has 0 saturated carbocycles. The number of aromatic amines is 1. The van der Waals surface area contributed by atoms with Crippen LogP contribution in [0.4, 0.5) is 0 Å². The van der Waals surface area contributed by atoms with Crippen LogP contribution in [0.25, 0.3) is 10.9 Å². The lowest BCUT2D eigenvalue weighted by atomic mass is 10.00. The molecule has 3 aromatic heterocycles. The van der Waals surface area contributed by atoms with Crippen molar-refractivity contribution in [1.29, 1.82) is 0 Å². The van der Waals surface area contributed by atoms with E-state index in [2.05, 4.69) is 46.2 Å². The van der Waals surface area contributed by atoms with E-state index >= 15 is 0 Å². The number of aryl methyl sites for hydroxylation is 1. The number of tetrazole rings is 1. The van der Waals surface area contributed by atoms with Gasteiger partial charge < -0.3 is 14.1 Å². The Morgan fingerprint density at radius 1 is 1.26 bits per heavy atom. The Bertz CT molecular complexity index is 1350. The van der Waals surface area contributed by atoms with Gasteiger partial charge >= 0.3 is 0 Å². The van der Waals surface area contributed by atoms with Crippen LogP contribution in [0, 0.1) is 6.92 Å². The Balaban J connectivity index is 1.70. The highest BCUT2D eigenvalue weighted by Crippen LogP contribution is 2.32. The first-order valence-corrected chi connectivity index (χ1v) is 12.1. The number of furan rings is 1. The van der Waals surface area contributed by atoms with Crippen molar-refractivity contribution >= 4 is 10.9 Å². The van der Waals surface area contributed by atoms with E-state index in [1.165, 1.54) is 0 Å². The van der Waals surface area contributed by atoms with Gasteiger partial charge in [-0.25, -0.2) is 4.68 Å². The molecule has 0 radical (unpaired) electrons. The summed E-state index contributed by atoms with van der Waals surface area (Å²) in [6.45, 7) is 10.0. The predicted octanol–water partition coefficient (Wildman–Crippen LogP) is 3.94. The third-order valence-electron chi connectivity index (χ3n) is 6.55. The molecule has 0 amide bonds. The number of rotatable bonds is 7. The number of hydrogen-bond acceptors (Lipinski definition) is 7. The van der Waals surface area contributed by atoms with E-state index in [0.717, 1.165) is 41.7 Å². The summed E-state index contributed by atoms with van der Waals surface area (Å²) in [5, 5.41) is 13.8. The van der Waals surface area contributed by atoms with Crippen molar-refractivity contribution in [2.24, 2.45) is 0 Å². The molecular weight excluding hydrogens is 444 g/mol. The van der Waals surface area contributed by atoms with Gasteiger partial charge in [-0.3, -0.25) is 9.69 Å². The van der Waals surface area contributed by atoms with Crippen LogP contribution in [0.2, 0.25) is 0 Å². The second-order valence-corrected chi connectivity index (χ2v) is 10.3. The molecule has 1 aliphatic heterocycles. The molecule has 4 aromatic rings. The molecule has 1 fully saturated rings. The van der Waals surface area contributed by atoms with Crippen LogP contribution in [0.1, 0.15) is 62.4 Å². The first-order valence-electron chi connectivity index (χ1n) is 12.1. The van der Waals surface area contributed by atoms with Gasteiger partial charge in [-0.2, -0.15) is 0 Å². The van der Waals surface area contributed by atoms with Crippen molar-refractivity contribution in [2.75, 3.05) is 13.2 Å². The summed E-state index contributed by atoms with van der Waals surface area (Å²) < 4.78 is 13.5. The van der Waals surface area contributed by atoms with Crippen LogP contribution in [0.3, 0.4) is 0 Å². The Labute approximate surface area is 204 Å². The van der Waals surface area contributed by atoms with Crippen molar-refractivity contribution in [3.63, 3.8) is 0 Å². The lowest BCUT2D eigenvalue weighted by Gasteiger charge is -2.33. The third kappa shape index (κ3) is 4.78. The fraction of sp³-hybridized carbons (Fsp3) is 0.462. The van der Waals surface area contributed by atoms with E-state index < -0.39 is 6.04 Å². The van der Waals surface area contributed by atoms with E-state index in [9.17, 15) is 4.79 Å². The van der Waals surface area contributed by atoms with Gasteiger partial charge in [0.05, 0.1) is 30.0 Å². The van der Waals surface area contributed by atoms with Gasteiger partial charge in [0.25, 0.3) is 5.56 Å². The zero-order valence-corrected chi connectivity index (χ0v) is 20.7. The Kier molecular flexibility index (Phi) is 6.29. The Morgan fingerprint density at radius 3 is 2.83 bits per heavy atom. The van der Waals surface area contributed by atoms with Crippen molar-refractivity contribution < 1.29 is 9.15 Å². The number of para-hydroxylation sites is 1. The summed E-state index contributed by atoms with van der Waals surface area (Å²) in [5.74, 6) is 1.41. The molecule has 1 N–H and O–H groups in total. The van der Waals surface area contributed by atoms with E-state index in [4.69, 9.17) is 9.15 Å². The second-order valence-electron chi connectivity index (χ2n) is 10.3. The Hall–Kier alpha value is -3.30. The molecule has 0 unspecified atom stereocenters. The zero-order chi connectivity index (χ0) is 24.6. The molecule has 9 heteroatoms. The van der Waals surface area contributed by atoms with E-state index in [1.54, 1.807) is 6.26 Å². The summed E-state index contributed by atoms with van der Waals surface area (Å²) in [4.78, 5) is 18.9. The number of aromatic nitrogens is 5. The van der Waals surface area contributed by atoms with Crippen molar-refractivity contribution in [1.82, 2.24) is 30.1 Å². The number of hydrogen-bond donors (Lipinski definition) is 1. The van der Waals surface area contributed by atoms with Crippen LogP contribution in [-0.4, -0.2) is 49.3 Å². The summed E-state index contributed by atoms with van der Waals surface area (Å²) in [6.07, 6.45) is 3.73. The topological polar surface area (TPSA) is 102 Å². The predicted molar refractivity (Wildman–Crippen MR) is 132 cm³/mol. The van der Waals surface area contributed by atoms with Crippen LogP contribution in [0.15, 0.2) is 51.9 Å². The lowest BCUT2D eigenvalue weighted by molar-refractivity contribution is 0.0536. The van der Waals surface area contributed by atoms with Gasteiger partial charge in [0, 0.05) is 18.7 Å². The van der Waals surface area contributed by atoms with E-state index in [-0.39, 0.29) is 17.2 Å². The quantitative estimate of drug-likeness (QED) is 0.431. The maximum Gasteiger partial charge on any atom is 0.253 e. The molecule has 9 nitrogen and oxygen atoms in total. The molecular formula is C26H32N6O3. The third-order valence-corrected chi connectivity index (χ3v) is 6.55. The maximum absolute atomic E-state index is 13.6. The number of H-pyrrole nitrogens is 1. The number of nitrogens with zero attached hydrogens (tertiary/aromatic N) is 5. The minimum atomic E-state index is -0.507. The smallest absolute Gasteiger partial charge is 0.253 e. The molecule has 1 aromatic carbocycles. The summed E-state index contributed by atoms with van der Waals surface area (Å²) >= 11 is 0. The molecule has 0 spiro atoms. The van der Waals surface area contributed by atoms with Gasteiger partial charge in [0.15, 0.2) is 5.82 Å². The van der Waals surface area contributed by atoms with Gasteiger partial charge in [-0.05, 0) is 80.1 Å². The van der Waals surface area contributed by atoms with Crippen LogP contribution < -0.4 is 5.56 Å². The number of pyridine rings is 1. The first-order chi connectivity index (χ1) is 16.8. The molecule has 0 aliphatic carbocycles. The zero-order valence-electron chi connectivity index (χ0n) is 20.7. The summed E-state index contributed by atoms with van der Waals surface area (Å²) in [7, 11) is 0. The minimum absolute atomic E-state index is 0.0632. The normalized spacial score (nSPS) is 17.5. The fourth-order valence-corrected chi connectivity index (χ4v) is 4.86. The first kappa shape index (κ1) is 23.4. The van der Waals surface area contributed by atoms with Crippen LogP contribution in [-0.2, 0) is 16.8 Å². The average molecular weight is 477 g/mol. The highest BCUT2D eigenvalue weighted by atomic mass is 16.5. The molecule has 35 heavy (non-hydrogen) atoms. The average Bonchev–Trinajstić information content (AvgIpc) is 3.58. The standard InChI is InChI=1S/C26H32N6O3/c1-17-8-5-9-18-14-21(25(33)27-22(17)18)23(24-28-29-30-32(24)26(2,3)4)31(15-19-10-6-12-34-19)16-20-11-7-13-35-20/h5-6,8-10,12,14,20,23H,7,11,13,15-16H2,1-4H3,(H,27,33)/t20-,23-/m1/s1. The van der Waals surface area contributed by atoms with Gasteiger partial charge in [-0.1, -0.05) is 18.2 Å². The van der Waals surface area contributed by atoms with Crippen molar-refractivity contribution in [2.45, 2.75) is 64.8 Å². The summed E-state index contributed by atoms with van der Waals surface area (Å²) in [6, 6.07) is 11.3. The molecule has 0 bridgehead atoms. The number of benzene rings is 1. The van der Waals surface area contributed by atoms with Crippen molar-refractivity contribution in [3.05, 3.63) is 75.7 Å².